The lowest BCUT2D eigenvalue weighted by atomic mass is 10.1. The summed E-state index contributed by atoms with van der Waals surface area (Å²) >= 11 is 0. The summed E-state index contributed by atoms with van der Waals surface area (Å²) < 4.78 is 55.9. The maximum Gasteiger partial charge on any atom is 0.433 e. The van der Waals surface area contributed by atoms with Crippen molar-refractivity contribution in [2.24, 2.45) is 10.7 Å². The molecule has 11 heteroatoms. The number of amides is 1. The van der Waals surface area contributed by atoms with Crippen molar-refractivity contribution < 1.29 is 32.2 Å². The molecule has 1 aromatic heterocycles. The number of nitrogens with zero attached hydrogens (tertiary/aromatic N) is 2. The molecule has 2 aromatic carbocycles. The number of aliphatic imine (C=N–C) groups is 1. The molecule has 0 aliphatic carbocycles. The smallest absolute Gasteiger partial charge is 0.433 e. The van der Waals surface area contributed by atoms with Gasteiger partial charge in [0, 0.05) is 29.6 Å². The predicted octanol–water partition coefficient (Wildman–Crippen LogP) is 3.82. The Bertz CT molecular complexity index is 1310. The van der Waals surface area contributed by atoms with Crippen LogP contribution >= 0.6 is 0 Å². The van der Waals surface area contributed by atoms with Crippen LogP contribution in [0.3, 0.4) is 0 Å². The minimum absolute atomic E-state index is 0.0172. The number of hydrogen-bond donors (Lipinski definition) is 2. The van der Waals surface area contributed by atoms with Crippen LogP contribution in [-0.4, -0.2) is 57.2 Å². The van der Waals surface area contributed by atoms with Crippen LogP contribution in [0.2, 0.25) is 0 Å². The zero-order chi connectivity index (χ0) is 27.0. The first-order valence-electron chi connectivity index (χ1n) is 11.2. The van der Waals surface area contributed by atoms with E-state index in [1.807, 2.05) is 18.2 Å². The molecule has 3 N–H and O–H groups in total. The van der Waals surface area contributed by atoms with Gasteiger partial charge in [-0.05, 0) is 35.9 Å². The summed E-state index contributed by atoms with van der Waals surface area (Å²) in [6.07, 6.45) is -4.63. The molecule has 1 heterocycles. The number of alkyl halides is 3. The van der Waals surface area contributed by atoms with Crippen LogP contribution in [0.5, 0.6) is 11.5 Å². The van der Waals surface area contributed by atoms with Crippen molar-refractivity contribution in [3.05, 3.63) is 71.9 Å². The Balaban J connectivity index is 1.85. The number of pyridine rings is 1. The van der Waals surface area contributed by atoms with E-state index in [9.17, 15) is 18.0 Å². The van der Waals surface area contributed by atoms with Gasteiger partial charge in [0.25, 0.3) is 0 Å². The number of methoxy groups -OCH3 is 2. The Hall–Kier alpha value is -4.12. The summed E-state index contributed by atoms with van der Waals surface area (Å²) in [5, 5.41) is 3.05. The highest BCUT2D eigenvalue weighted by molar-refractivity contribution is 6.08. The van der Waals surface area contributed by atoms with Gasteiger partial charge in [-0.15, -0.1) is 0 Å². The molecule has 0 unspecified atom stereocenters. The molecule has 3 rings (SSSR count). The van der Waals surface area contributed by atoms with Gasteiger partial charge in [-0.1, -0.05) is 24.8 Å². The Labute approximate surface area is 211 Å². The highest BCUT2D eigenvalue weighted by Gasteiger charge is 2.33. The molecule has 0 aliphatic rings. The van der Waals surface area contributed by atoms with E-state index in [2.05, 4.69) is 21.9 Å². The van der Waals surface area contributed by atoms with E-state index in [1.54, 1.807) is 19.2 Å². The van der Waals surface area contributed by atoms with Gasteiger partial charge in [0.2, 0.25) is 11.8 Å². The second-order valence-electron chi connectivity index (χ2n) is 7.74. The van der Waals surface area contributed by atoms with Crippen LogP contribution in [0.15, 0.2) is 60.1 Å². The van der Waals surface area contributed by atoms with E-state index >= 15 is 0 Å². The number of carbonyl (C=O) groups is 1. The summed E-state index contributed by atoms with van der Waals surface area (Å²) in [4.78, 5) is 20.6. The van der Waals surface area contributed by atoms with Crippen LogP contribution in [-0.2, 0) is 15.7 Å². The van der Waals surface area contributed by atoms with E-state index in [0.717, 1.165) is 11.6 Å². The minimum Gasteiger partial charge on any atom is -0.496 e. The summed E-state index contributed by atoms with van der Waals surface area (Å²) in [7, 11) is 2.88. The zero-order valence-electron chi connectivity index (χ0n) is 20.4. The van der Waals surface area contributed by atoms with Gasteiger partial charge in [0.1, 0.15) is 35.9 Å². The van der Waals surface area contributed by atoms with Gasteiger partial charge in [0.05, 0.1) is 14.2 Å². The fraction of sp³-hybridized carbons (Fsp3) is 0.269. The molecule has 0 atom stereocenters. The van der Waals surface area contributed by atoms with Gasteiger partial charge in [-0.25, -0.2) is 9.98 Å². The molecular weight excluding hydrogens is 489 g/mol. The van der Waals surface area contributed by atoms with Crippen molar-refractivity contribution >= 4 is 28.3 Å². The second-order valence-corrected chi connectivity index (χ2v) is 7.74. The summed E-state index contributed by atoms with van der Waals surface area (Å²) in [6.45, 7) is 4.08. The third-order valence-corrected chi connectivity index (χ3v) is 5.27. The largest absolute Gasteiger partial charge is 0.496 e. The van der Waals surface area contributed by atoms with Crippen LogP contribution in [0.4, 0.5) is 13.2 Å². The van der Waals surface area contributed by atoms with Gasteiger partial charge in [-0.2, -0.15) is 13.2 Å². The van der Waals surface area contributed by atoms with Crippen molar-refractivity contribution in [2.45, 2.75) is 6.18 Å². The number of rotatable bonds is 10. The lowest BCUT2D eigenvalue weighted by Gasteiger charge is -2.15. The van der Waals surface area contributed by atoms with Crippen molar-refractivity contribution in [1.82, 2.24) is 10.3 Å². The van der Waals surface area contributed by atoms with Crippen molar-refractivity contribution in [1.29, 1.82) is 0 Å². The molecule has 0 aliphatic heterocycles. The van der Waals surface area contributed by atoms with Crippen molar-refractivity contribution in [3.8, 4) is 11.5 Å². The molecule has 1 amide bonds. The Morgan fingerprint density at radius 1 is 1.05 bits per heavy atom. The normalized spacial score (nSPS) is 11.8. The van der Waals surface area contributed by atoms with Crippen molar-refractivity contribution in [2.75, 3.05) is 40.5 Å². The van der Waals surface area contributed by atoms with E-state index < -0.39 is 17.8 Å². The maximum absolute atomic E-state index is 13.2. The molecule has 8 nitrogen and oxygen atoms in total. The highest BCUT2D eigenvalue weighted by atomic mass is 19.4. The number of para-hydroxylation sites is 1. The number of nitrogens with two attached hydrogens (primary N) is 1. The molecule has 196 valence electrons. The average Bonchev–Trinajstić information content (AvgIpc) is 2.90. The van der Waals surface area contributed by atoms with Gasteiger partial charge >= 0.3 is 6.18 Å². The number of benzene rings is 2. The van der Waals surface area contributed by atoms with Crippen LogP contribution in [0.1, 0.15) is 16.8 Å². The Morgan fingerprint density at radius 2 is 1.78 bits per heavy atom. The predicted molar refractivity (Wildman–Crippen MR) is 135 cm³/mol. The van der Waals surface area contributed by atoms with Crippen LogP contribution in [0, 0.1) is 0 Å². The van der Waals surface area contributed by atoms with Gasteiger partial charge in [-0.3, -0.25) is 4.79 Å². The zero-order valence-corrected chi connectivity index (χ0v) is 20.4. The number of fused-ring (bicyclic) bond motifs is 1. The third-order valence-electron chi connectivity index (χ3n) is 5.27. The Morgan fingerprint density at radius 3 is 2.46 bits per heavy atom. The number of ether oxygens (including phenoxy) is 3. The van der Waals surface area contributed by atoms with Crippen LogP contribution < -0.4 is 20.5 Å². The molecular formula is C26H27F3N4O4. The standard InChI is InChI=1S/C26H27F3N4O4/c1-16(17-6-4-5-7-20(17)35-2)14-31-23(34)15-32-25(37-13-12-30)19-8-10-21(36-3)24-18(19)9-11-22(33-24)26(27,28)29/h4-11H,1,12-15,30H2,2-3H3,(H,31,34)/b32-25-. The monoisotopic (exact) mass is 516 g/mol. The van der Waals surface area contributed by atoms with Gasteiger partial charge in [0.15, 0.2) is 0 Å². The first kappa shape index (κ1) is 27.5. The summed E-state index contributed by atoms with van der Waals surface area (Å²) in [5.41, 5.74) is 6.22. The molecule has 0 saturated heterocycles. The first-order chi connectivity index (χ1) is 17.7. The molecule has 0 bridgehead atoms. The van der Waals surface area contributed by atoms with Crippen LogP contribution in [0.25, 0.3) is 16.5 Å². The fourth-order valence-corrected chi connectivity index (χ4v) is 3.50. The molecule has 0 spiro atoms. The van der Waals surface area contributed by atoms with E-state index in [1.165, 1.54) is 19.2 Å². The van der Waals surface area contributed by atoms with E-state index in [-0.39, 0.29) is 43.4 Å². The number of carbonyl (C=O) groups excluding carboxylic acids is 1. The highest BCUT2D eigenvalue weighted by Crippen LogP contribution is 2.33. The first-order valence-corrected chi connectivity index (χ1v) is 11.2. The molecule has 0 fully saturated rings. The summed E-state index contributed by atoms with van der Waals surface area (Å²) in [5.74, 6) is 0.403. The SMILES string of the molecule is C=C(CNC(=O)C/N=C(\OCCN)c1ccc(OC)c2nc(C(F)(F)F)ccc12)c1ccccc1OC. The maximum atomic E-state index is 13.2. The lowest BCUT2D eigenvalue weighted by molar-refractivity contribution is -0.141. The molecule has 0 saturated carbocycles. The quantitative estimate of drug-likeness (QED) is 0.313. The van der Waals surface area contributed by atoms with E-state index in [4.69, 9.17) is 19.9 Å². The number of hydrogen-bond acceptors (Lipinski definition) is 7. The Kier molecular flexibility index (Phi) is 9.07. The molecule has 0 radical (unpaired) electrons. The molecule has 37 heavy (non-hydrogen) atoms. The number of nitrogens with one attached hydrogen (secondary N) is 1. The fourth-order valence-electron chi connectivity index (χ4n) is 3.50. The average molecular weight is 517 g/mol. The number of halogens is 3. The second kappa shape index (κ2) is 12.2. The number of aromatic nitrogens is 1. The minimum atomic E-state index is -4.63. The topological polar surface area (TPSA) is 108 Å². The van der Waals surface area contributed by atoms with E-state index in [0.29, 0.717) is 22.3 Å². The summed E-state index contributed by atoms with van der Waals surface area (Å²) in [6, 6.07) is 12.5. The lowest BCUT2D eigenvalue weighted by Crippen LogP contribution is -2.28. The van der Waals surface area contributed by atoms with Crippen molar-refractivity contribution in [3.63, 3.8) is 0 Å². The van der Waals surface area contributed by atoms with Gasteiger partial charge < -0.3 is 25.3 Å². The third kappa shape index (κ3) is 6.76. The molecule has 3 aromatic rings.